The molecular formula is C25H26N2O4S2. The van der Waals surface area contributed by atoms with Gasteiger partial charge in [0.15, 0.2) is 15.0 Å². The van der Waals surface area contributed by atoms with Crippen molar-refractivity contribution < 1.29 is 17.6 Å². The van der Waals surface area contributed by atoms with Crippen LogP contribution in [-0.4, -0.2) is 24.6 Å². The lowest BCUT2D eigenvalue weighted by molar-refractivity contribution is -0.118. The fourth-order valence-electron chi connectivity index (χ4n) is 3.63. The van der Waals surface area contributed by atoms with Crippen molar-refractivity contribution in [2.24, 2.45) is 0 Å². The zero-order valence-corrected chi connectivity index (χ0v) is 20.7. The second-order valence-corrected chi connectivity index (χ2v) is 11.9. The van der Waals surface area contributed by atoms with Gasteiger partial charge in [-0.1, -0.05) is 29.5 Å². The zero-order valence-electron chi connectivity index (χ0n) is 19.0. The molecule has 0 radical (unpaired) electrons. The summed E-state index contributed by atoms with van der Waals surface area (Å²) in [6.45, 7) is 7.63. The number of carbonyl (C=O) groups excluding carboxylic acids is 1. The number of nitrogens with zero attached hydrogens (tertiary/aromatic N) is 2. The number of anilines is 1. The summed E-state index contributed by atoms with van der Waals surface area (Å²) in [5, 5.41) is 0.110. The SMILES string of the molecule is Cc1cc(C)c2nc(N(Cc3ccco3)C(=O)Cc3ccc(S(=O)(=O)C(C)C)cc3)sc2c1. The maximum Gasteiger partial charge on any atom is 0.233 e. The van der Waals surface area contributed by atoms with E-state index in [0.29, 0.717) is 10.9 Å². The molecule has 0 aliphatic rings. The molecule has 0 N–H and O–H groups in total. The van der Waals surface area contributed by atoms with Crippen molar-refractivity contribution in [1.82, 2.24) is 4.98 Å². The number of furan rings is 1. The van der Waals surface area contributed by atoms with Crippen molar-refractivity contribution in [2.45, 2.75) is 50.8 Å². The molecule has 0 aliphatic carbocycles. The van der Waals surface area contributed by atoms with Crippen LogP contribution in [0.4, 0.5) is 5.13 Å². The number of hydrogen-bond donors (Lipinski definition) is 0. The largest absolute Gasteiger partial charge is 0.467 e. The molecule has 2 aromatic carbocycles. The smallest absolute Gasteiger partial charge is 0.233 e. The Hall–Kier alpha value is -2.97. The summed E-state index contributed by atoms with van der Waals surface area (Å²) >= 11 is 1.48. The fraction of sp³-hybridized carbons (Fsp3) is 0.280. The highest BCUT2D eigenvalue weighted by atomic mass is 32.2. The van der Waals surface area contributed by atoms with Crippen LogP contribution in [0.15, 0.2) is 64.1 Å². The summed E-state index contributed by atoms with van der Waals surface area (Å²) in [7, 11) is -3.35. The molecule has 0 saturated heterocycles. The van der Waals surface area contributed by atoms with Crippen molar-refractivity contribution in [3.05, 3.63) is 77.2 Å². The predicted octanol–water partition coefficient (Wildman–Crippen LogP) is 5.46. The van der Waals surface area contributed by atoms with Crippen molar-refractivity contribution in [3.63, 3.8) is 0 Å². The third-order valence-corrected chi connectivity index (χ3v) is 8.67. The highest BCUT2D eigenvalue weighted by molar-refractivity contribution is 7.92. The molecule has 2 aromatic heterocycles. The lowest BCUT2D eigenvalue weighted by atomic mass is 10.1. The number of carbonyl (C=O) groups is 1. The van der Waals surface area contributed by atoms with Gasteiger partial charge >= 0.3 is 0 Å². The van der Waals surface area contributed by atoms with E-state index in [4.69, 9.17) is 9.40 Å². The molecule has 8 heteroatoms. The molecule has 0 spiro atoms. The normalized spacial score (nSPS) is 11.9. The minimum absolute atomic E-state index is 0.122. The number of aryl methyl sites for hydroxylation is 2. The molecule has 0 aliphatic heterocycles. The minimum Gasteiger partial charge on any atom is -0.467 e. The molecule has 0 bridgehead atoms. The van der Waals surface area contributed by atoms with Gasteiger partial charge in [0.2, 0.25) is 5.91 Å². The number of thiazole rings is 1. The van der Waals surface area contributed by atoms with Crippen LogP contribution in [0.2, 0.25) is 0 Å². The van der Waals surface area contributed by atoms with Gasteiger partial charge in [-0.3, -0.25) is 9.69 Å². The van der Waals surface area contributed by atoms with Crippen molar-refractivity contribution in [1.29, 1.82) is 0 Å². The first-order chi connectivity index (χ1) is 15.6. The summed E-state index contributed by atoms with van der Waals surface area (Å²) in [6.07, 6.45) is 1.70. The van der Waals surface area contributed by atoms with Crippen LogP contribution in [-0.2, 0) is 27.6 Å². The second kappa shape index (κ2) is 9.11. The van der Waals surface area contributed by atoms with Crippen LogP contribution in [0.3, 0.4) is 0 Å². The second-order valence-electron chi connectivity index (χ2n) is 8.40. The number of sulfone groups is 1. The lowest BCUT2D eigenvalue weighted by Crippen LogP contribution is -2.31. The lowest BCUT2D eigenvalue weighted by Gasteiger charge is -2.19. The monoisotopic (exact) mass is 482 g/mol. The van der Waals surface area contributed by atoms with Crippen molar-refractivity contribution >= 4 is 42.4 Å². The van der Waals surface area contributed by atoms with Crippen molar-refractivity contribution in [3.8, 4) is 0 Å². The topological polar surface area (TPSA) is 80.5 Å². The van der Waals surface area contributed by atoms with E-state index >= 15 is 0 Å². The van der Waals surface area contributed by atoms with Gasteiger partial charge < -0.3 is 4.42 Å². The molecule has 2 heterocycles. The van der Waals surface area contributed by atoms with E-state index in [0.717, 1.165) is 26.9 Å². The van der Waals surface area contributed by atoms with Gasteiger partial charge in [0.05, 0.1) is 39.6 Å². The van der Waals surface area contributed by atoms with Crippen LogP contribution in [0, 0.1) is 13.8 Å². The Labute approximate surface area is 197 Å². The molecule has 4 aromatic rings. The first kappa shape index (κ1) is 23.2. The average molecular weight is 483 g/mol. The molecule has 0 fully saturated rings. The average Bonchev–Trinajstić information content (AvgIpc) is 3.42. The Morgan fingerprint density at radius 1 is 1.12 bits per heavy atom. The van der Waals surface area contributed by atoms with Crippen LogP contribution in [0.25, 0.3) is 10.2 Å². The Kier molecular flexibility index (Phi) is 6.41. The Morgan fingerprint density at radius 3 is 2.48 bits per heavy atom. The third kappa shape index (κ3) is 4.86. The van der Waals surface area contributed by atoms with Gasteiger partial charge in [0.25, 0.3) is 0 Å². The maximum absolute atomic E-state index is 13.4. The van der Waals surface area contributed by atoms with Crippen LogP contribution in [0.5, 0.6) is 0 Å². The van der Waals surface area contributed by atoms with Gasteiger partial charge in [-0.05, 0) is 74.7 Å². The first-order valence-corrected chi connectivity index (χ1v) is 13.0. The van der Waals surface area contributed by atoms with Crippen LogP contribution < -0.4 is 4.90 Å². The third-order valence-electron chi connectivity index (χ3n) is 5.47. The molecule has 0 unspecified atom stereocenters. The quantitative estimate of drug-likeness (QED) is 0.349. The van der Waals surface area contributed by atoms with E-state index in [2.05, 4.69) is 12.1 Å². The van der Waals surface area contributed by atoms with E-state index in [1.54, 1.807) is 55.3 Å². The summed E-state index contributed by atoms with van der Waals surface area (Å²) in [6, 6.07) is 14.3. The Morgan fingerprint density at radius 2 is 1.85 bits per heavy atom. The Balaban J connectivity index is 1.64. The van der Waals surface area contributed by atoms with E-state index in [-0.39, 0.29) is 23.8 Å². The minimum atomic E-state index is -3.35. The Bertz CT molecular complexity index is 1390. The standard InChI is InChI=1S/C25H26N2O4S2/c1-16(2)33(29,30)21-9-7-19(8-10-21)14-23(28)27(15-20-6-5-11-31-20)25-26-24-18(4)12-17(3)13-22(24)32-25/h5-13,16H,14-15H2,1-4H3. The van der Waals surface area contributed by atoms with E-state index < -0.39 is 15.1 Å². The predicted molar refractivity (Wildman–Crippen MR) is 131 cm³/mol. The van der Waals surface area contributed by atoms with Crippen LogP contribution in [0.1, 0.15) is 36.3 Å². The molecule has 33 heavy (non-hydrogen) atoms. The van der Waals surface area contributed by atoms with Gasteiger partial charge in [-0.25, -0.2) is 13.4 Å². The van der Waals surface area contributed by atoms with Gasteiger partial charge in [-0.15, -0.1) is 0 Å². The van der Waals surface area contributed by atoms with Crippen LogP contribution >= 0.6 is 11.3 Å². The summed E-state index contributed by atoms with van der Waals surface area (Å²) in [4.78, 5) is 20.1. The molecular weight excluding hydrogens is 456 g/mol. The number of rotatable bonds is 7. The van der Waals surface area contributed by atoms with Crippen molar-refractivity contribution in [2.75, 3.05) is 4.90 Å². The fourth-order valence-corrected chi connectivity index (χ4v) is 5.85. The molecule has 0 atom stereocenters. The molecule has 1 amide bonds. The maximum atomic E-state index is 13.4. The van der Waals surface area contributed by atoms with Gasteiger partial charge in [-0.2, -0.15) is 0 Å². The molecule has 172 valence electrons. The summed E-state index contributed by atoms with van der Waals surface area (Å²) < 4.78 is 31.3. The number of aromatic nitrogens is 1. The molecule has 0 saturated carbocycles. The van der Waals surface area contributed by atoms with E-state index in [1.165, 1.54) is 11.3 Å². The van der Waals surface area contributed by atoms with E-state index in [1.807, 2.05) is 19.9 Å². The molecule has 4 rings (SSSR count). The number of hydrogen-bond acceptors (Lipinski definition) is 6. The first-order valence-electron chi connectivity index (χ1n) is 10.7. The zero-order chi connectivity index (χ0) is 23.8. The number of benzene rings is 2. The van der Waals surface area contributed by atoms with Gasteiger partial charge in [0.1, 0.15) is 5.76 Å². The number of fused-ring (bicyclic) bond motifs is 1. The molecule has 6 nitrogen and oxygen atoms in total. The summed E-state index contributed by atoms with van der Waals surface area (Å²) in [5.74, 6) is 0.521. The highest BCUT2D eigenvalue weighted by Gasteiger charge is 2.23. The number of amides is 1. The van der Waals surface area contributed by atoms with Gasteiger partial charge in [0, 0.05) is 0 Å². The van der Waals surface area contributed by atoms with E-state index in [9.17, 15) is 13.2 Å². The highest BCUT2D eigenvalue weighted by Crippen LogP contribution is 2.33. The summed E-state index contributed by atoms with van der Waals surface area (Å²) in [5.41, 5.74) is 3.84.